The molecule has 0 aliphatic heterocycles. The fourth-order valence-corrected chi connectivity index (χ4v) is 4.42. The minimum absolute atomic E-state index is 0.0685. The average molecular weight is 299 g/mol. The lowest BCUT2D eigenvalue weighted by atomic mass is 9.82. The van der Waals surface area contributed by atoms with Gasteiger partial charge in [-0.3, -0.25) is 9.59 Å². The number of carboxylic acids is 1. The van der Waals surface area contributed by atoms with Crippen molar-refractivity contribution in [2.75, 3.05) is 6.26 Å². The van der Waals surface area contributed by atoms with E-state index in [2.05, 4.69) is 11.6 Å². The molecule has 1 amide bonds. The Kier molecular flexibility index (Phi) is 5.35. The van der Waals surface area contributed by atoms with Crippen LogP contribution < -0.4 is 5.32 Å². The van der Waals surface area contributed by atoms with E-state index in [1.165, 1.54) is 6.42 Å². The summed E-state index contributed by atoms with van der Waals surface area (Å²) in [6.07, 6.45) is 9.86. The van der Waals surface area contributed by atoms with E-state index in [0.717, 1.165) is 32.1 Å². The van der Waals surface area contributed by atoms with E-state index in [4.69, 9.17) is 0 Å². The molecule has 0 radical (unpaired) electrons. The van der Waals surface area contributed by atoms with E-state index in [1.54, 1.807) is 0 Å². The van der Waals surface area contributed by atoms with Gasteiger partial charge in [-0.25, -0.2) is 0 Å². The van der Waals surface area contributed by atoms with Crippen molar-refractivity contribution >= 4 is 23.6 Å². The number of carboxylic acid groups (broad SMARTS) is 1. The molecule has 2 rings (SSSR count). The van der Waals surface area contributed by atoms with Crippen molar-refractivity contribution in [1.29, 1.82) is 0 Å². The second kappa shape index (κ2) is 6.83. The number of aliphatic carboxylic acids is 1. The summed E-state index contributed by atoms with van der Waals surface area (Å²) >= 11 is 1.87. The Bertz CT molecular complexity index is 366. The van der Waals surface area contributed by atoms with Crippen LogP contribution in [0.4, 0.5) is 0 Å². The van der Waals surface area contributed by atoms with Gasteiger partial charge in [0, 0.05) is 17.7 Å². The zero-order chi connectivity index (χ0) is 14.6. The third kappa shape index (κ3) is 3.68. The van der Waals surface area contributed by atoms with Gasteiger partial charge in [-0.05, 0) is 38.4 Å². The molecule has 20 heavy (non-hydrogen) atoms. The van der Waals surface area contributed by atoms with Gasteiger partial charge < -0.3 is 10.4 Å². The average Bonchev–Trinajstić information content (AvgIpc) is 2.88. The third-order valence-corrected chi connectivity index (χ3v) is 5.93. The molecule has 2 N–H and O–H groups in total. The summed E-state index contributed by atoms with van der Waals surface area (Å²) in [7, 11) is 0. The van der Waals surface area contributed by atoms with Crippen LogP contribution in [0.3, 0.4) is 0 Å². The van der Waals surface area contributed by atoms with Gasteiger partial charge in [-0.2, -0.15) is 11.8 Å². The molecule has 2 unspecified atom stereocenters. The SMILES string of the molecule is CSC1CCCC(NC(=O)CC2(C(=O)O)CCCC2)C1. The van der Waals surface area contributed by atoms with E-state index in [0.29, 0.717) is 18.1 Å². The molecule has 0 bridgehead atoms. The molecule has 0 spiro atoms. The maximum Gasteiger partial charge on any atom is 0.310 e. The highest BCUT2D eigenvalue weighted by molar-refractivity contribution is 7.99. The van der Waals surface area contributed by atoms with Crippen molar-refractivity contribution in [2.45, 2.75) is 69.1 Å². The van der Waals surface area contributed by atoms with Gasteiger partial charge in [0.1, 0.15) is 0 Å². The first-order valence-corrected chi connectivity index (χ1v) is 8.90. The van der Waals surface area contributed by atoms with Crippen LogP contribution in [-0.2, 0) is 9.59 Å². The molecule has 0 aromatic heterocycles. The van der Waals surface area contributed by atoms with E-state index >= 15 is 0 Å². The van der Waals surface area contributed by atoms with E-state index in [1.807, 2.05) is 11.8 Å². The molecule has 2 aliphatic rings. The number of hydrogen-bond donors (Lipinski definition) is 2. The Hall–Kier alpha value is -0.710. The number of hydrogen-bond acceptors (Lipinski definition) is 3. The van der Waals surface area contributed by atoms with Crippen LogP contribution in [0.15, 0.2) is 0 Å². The Morgan fingerprint density at radius 3 is 2.55 bits per heavy atom. The van der Waals surface area contributed by atoms with Crippen LogP contribution in [0.2, 0.25) is 0 Å². The van der Waals surface area contributed by atoms with Crippen molar-refractivity contribution in [2.24, 2.45) is 5.41 Å². The van der Waals surface area contributed by atoms with Gasteiger partial charge in [0.2, 0.25) is 5.91 Å². The molecule has 2 saturated carbocycles. The number of amides is 1. The van der Waals surface area contributed by atoms with Crippen LogP contribution >= 0.6 is 11.8 Å². The zero-order valence-electron chi connectivity index (χ0n) is 12.2. The molecule has 0 saturated heterocycles. The first-order valence-electron chi connectivity index (χ1n) is 7.61. The lowest BCUT2D eigenvalue weighted by Crippen LogP contribution is -2.42. The Labute approximate surface area is 125 Å². The molecule has 0 aromatic rings. The van der Waals surface area contributed by atoms with Gasteiger partial charge in [-0.1, -0.05) is 19.3 Å². The van der Waals surface area contributed by atoms with Crippen molar-refractivity contribution in [3.8, 4) is 0 Å². The van der Waals surface area contributed by atoms with E-state index in [9.17, 15) is 14.7 Å². The molecular weight excluding hydrogens is 274 g/mol. The fraction of sp³-hybridized carbons (Fsp3) is 0.867. The molecule has 0 heterocycles. The van der Waals surface area contributed by atoms with E-state index in [-0.39, 0.29) is 18.4 Å². The summed E-state index contributed by atoms with van der Waals surface area (Å²) in [6, 6.07) is 0.237. The zero-order valence-corrected chi connectivity index (χ0v) is 13.0. The number of carbonyl (C=O) groups excluding carboxylic acids is 1. The van der Waals surface area contributed by atoms with Crippen LogP contribution in [0, 0.1) is 5.41 Å². The summed E-state index contributed by atoms with van der Waals surface area (Å²) < 4.78 is 0. The summed E-state index contributed by atoms with van der Waals surface area (Å²) in [5, 5.41) is 13.1. The Morgan fingerprint density at radius 1 is 1.25 bits per heavy atom. The highest BCUT2D eigenvalue weighted by Crippen LogP contribution is 2.41. The van der Waals surface area contributed by atoms with Crippen molar-refractivity contribution in [3.05, 3.63) is 0 Å². The number of thioether (sulfide) groups is 1. The largest absolute Gasteiger partial charge is 0.481 e. The smallest absolute Gasteiger partial charge is 0.310 e. The summed E-state index contributed by atoms with van der Waals surface area (Å²) in [4.78, 5) is 23.7. The summed E-state index contributed by atoms with van der Waals surface area (Å²) in [6.45, 7) is 0. The van der Waals surface area contributed by atoms with Crippen LogP contribution in [-0.4, -0.2) is 34.5 Å². The molecule has 2 fully saturated rings. The highest BCUT2D eigenvalue weighted by atomic mass is 32.2. The molecule has 5 heteroatoms. The maximum absolute atomic E-state index is 12.2. The van der Waals surface area contributed by atoms with Gasteiger partial charge >= 0.3 is 5.97 Å². The number of rotatable bonds is 5. The standard InChI is InChI=1S/C15H25NO3S/c1-20-12-6-4-5-11(9-12)16-13(17)10-15(14(18)19)7-2-3-8-15/h11-12H,2-10H2,1H3,(H,16,17)(H,18,19). The summed E-state index contributed by atoms with van der Waals surface area (Å²) in [5.41, 5.74) is -0.794. The van der Waals surface area contributed by atoms with Gasteiger partial charge in [0.05, 0.1) is 5.41 Å². The van der Waals surface area contributed by atoms with Crippen LogP contribution in [0.5, 0.6) is 0 Å². The summed E-state index contributed by atoms with van der Waals surface area (Å²) in [5.74, 6) is -0.864. The quantitative estimate of drug-likeness (QED) is 0.819. The van der Waals surface area contributed by atoms with Crippen molar-refractivity contribution in [1.82, 2.24) is 5.32 Å². The predicted molar refractivity (Wildman–Crippen MR) is 80.9 cm³/mol. The van der Waals surface area contributed by atoms with Gasteiger partial charge in [0.25, 0.3) is 0 Å². The van der Waals surface area contributed by atoms with Gasteiger partial charge in [-0.15, -0.1) is 0 Å². The molecule has 2 aliphatic carbocycles. The maximum atomic E-state index is 12.2. The second-order valence-corrected chi connectivity index (χ2v) is 7.40. The highest BCUT2D eigenvalue weighted by Gasteiger charge is 2.43. The first kappa shape index (κ1) is 15.7. The first-order chi connectivity index (χ1) is 9.55. The molecule has 2 atom stereocenters. The molecule has 114 valence electrons. The number of carbonyl (C=O) groups is 2. The molecular formula is C15H25NO3S. The Balaban J connectivity index is 1.87. The normalized spacial score (nSPS) is 29.1. The number of nitrogens with one attached hydrogen (secondary N) is 1. The third-order valence-electron chi connectivity index (χ3n) is 4.84. The lowest BCUT2D eigenvalue weighted by molar-refractivity contribution is -0.151. The minimum Gasteiger partial charge on any atom is -0.481 e. The Morgan fingerprint density at radius 2 is 1.95 bits per heavy atom. The van der Waals surface area contributed by atoms with Gasteiger partial charge in [0.15, 0.2) is 0 Å². The second-order valence-electron chi connectivity index (χ2n) is 6.26. The minimum atomic E-state index is -0.796. The lowest BCUT2D eigenvalue weighted by Gasteiger charge is -2.30. The monoisotopic (exact) mass is 299 g/mol. The molecule has 0 aromatic carbocycles. The van der Waals surface area contributed by atoms with E-state index < -0.39 is 11.4 Å². The topological polar surface area (TPSA) is 66.4 Å². The van der Waals surface area contributed by atoms with Crippen molar-refractivity contribution < 1.29 is 14.7 Å². The van der Waals surface area contributed by atoms with Crippen LogP contribution in [0.1, 0.15) is 57.8 Å². The molecule has 4 nitrogen and oxygen atoms in total. The predicted octanol–water partition coefficient (Wildman–Crippen LogP) is 2.81. The van der Waals surface area contributed by atoms with Crippen LogP contribution in [0.25, 0.3) is 0 Å². The fourth-order valence-electron chi connectivity index (χ4n) is 3.59. The van der Waals surface area contributed by atoms with Crippen molar-refractivity contribution in [3.63, 3.8) is 0 Å².